The maximum absolute atomic E-state index is 12.2. The van der Waals surface area contributed by atoms with Crippen LogP contribution >= 0.6 is 0 Å². The minimum atomic E-state index is -3.34. The van der Waals surface area contributed by atoms with Crippen molar-refractivity contribution < 1.29 is 13.2 Å². The normalized spacial score (nSPS) is 20.9. The van der Waals surface area contributed by atoms with E-state index in [-0.39, 0.29) is 18.9 Å². The van der Waals surface area contributed by atoms with Crippen molar-refractivity contribution in [3.05, 3.63) is 30.1 Å². The molecule has 1 saturated heterocycles. The summed E-state index contributed by atoms with van der Waals surface area (Å²) in [4.78, 5) is 3.89. The second kappa shape index (κ2) is 6.10. The molecule has 1 aliphatic rings. The van der Waals surface area contributed by atoms with Crippen LogP contribution < -0.4 is 0 Å². The highest BCUT2D eigenvalue weighted by Gasteiger charge is 2.28. The van der Waals surface area contributed by atoms with Crippen molar-refractivity contribution in [3.63, 3.8) is 0 Å². The van der Waals surface area contributed by atoms with Crippen LogP contribution in [0.5, 0.6) is 0 Å². The van der Waals surface area contributed by atoms with Crippen LogP contribution in [-0.4, -0.2) is 49.3 Å². The van der Waals surface area contributed by atoms with Gasteiger partial charge in [0.05, 0.1) is 25.0 Å². The molecule has 2 heterocycles. The third kappa shape index (κ3) is 3.73. The summed E-state index contributed by atoms with van der Waals surface area (Å²) in [6.07, 6.45) is 3.06. The number of rotatable bonds is 4. The van der Waals surface area contributed by atoms with Gasteiger partial charge in [-0.3, -0.25) is 4.98 Å². The predicted molar refractivity (Wildman–Crippen MR) is 68.7 cm³/mol. The molecule has 0 aromatic carbocycles. The Morgan fingerprint density at radius 1 is 1.47 bits per heavy atom. The molecule has 1 unspecified atom stereocenters. The van der Waals surface area contributed by atoms with Crippen molar-refractivity contribution in [1.29, 1.82) is 5.26 Å². The van der Waals surface area contributed by atoms with Crippen LogP contribution in [0.3, 0.4) is 0 Å². The topological polar surface area (TPSA) is 83.3 Å². The summed E-state index contributed by atoms with van der Waals surface area (Å²) in [7, 11) is -3.34. The lowest BCUT2D eigenvalue weighted by Gasteiger charge is -2.28. The lowest BCUT2D eigenvalue weighted by atomic mass is 10.2. The lowest BCUT2D eigenvalue weighted by molar-refractivity contribution is 0.0311. The van der Waals surface area contributed by atoms with Crippen molar-refractivity contribution in [2.45, 2.75) is 12.5 Å². The molecule has 0 radical (unpaired) electrons. The maximum atomic E-state index is 12.2. The number of sulfonamides is 1. The number of pyridine rings is 1. The summed E-state index contributed by atoms with van der Waals surface area (Å²) in [5.41, 5.74) is 0.934. The van der Waals surface area contributed by atoms with Crippen LogP contribution in [0, 0.1) is 11.3 Å². The van der Waals surface area contributed by atoms with Gasteiger partial charge in [0.1, 0.15) is 0 Å². The summed E-state index contributed by atoms with van der Waals surface area (Å²) in [5.74, 6) is 0.0369. The Balaban J connectivity index is 1.97. The van der Waals surface area contributed by atoms with Crippen molar-refractivity contribution >= 4 is 10.0 Å². The van der Waals surface area contributed by atoms with Crippen LogP contribution in [0.15, 0.2) is 24.5 Å². The number of ether oxygens (including phenoxy) is 1. The number of hydrogen-bond acceptors (Lipinski definition) is 5. The smallest absolute Gasteiger partial charge is 0.214 e. The predicted octanol–water partition coefficient (Wildman–Crippen LogP) is 0.178. The average Bonchev–Trinajstić information content (AvgIpc) is 2.46. The minimum absolute atomic E-state index is 0.0369. The summed E-state index contributed by atoms with van der Waals surface area (Å²) >= 11 is 0. The highest BCUT2D eigenvalue weighted by molar-refractivity contribution is 7.89. The molecule has 6 nitrogen and oxygen atoms in total. The van der Waals surface area contributed by atoms with Crippen molar-refractivity contribution in [2.75, 3.05) is 25.4 Å². The average molecular weight is 281 g/mol. The summed E-state index contributed by atoms with van der Waals surface area (Å²) < 4.78 is 30.8. The molecule has 1 aromatic rings. The molecule has 2 rings (SSSR count). The Labute approximate surface area is 112 Å². The number of morpholine rings is 1. The molecule has 0 aliphatic carbocycles. The van der Waals surface area contributed by atoms with Crippen LogP contribution in [0.25, 0.3) is 0 Å². The fourth-order valence-corrected chi connectivity index (χ4v) is 3.35. The Kier molecular flexibility index (Phi) is 4.47. The van der Waals surface area contributed by atoms with Gasteiger partial charge in [0, 0.05) is 18.9 Å². The quantitative estimate of drug-likeness (QED) is 0.786. The number of hydrogen-bond donors (Lipinski definition) is 0. The molecule has 19 heavy (non-hydrogen) atoms. The molecule has 0 N–H and O–H groups in total. The van der Waals surface area contributed by atoms with Crippen LogP contribution in [0.4, 0.5) is 0 Å². The van der Waals surface area contributed by atoms with Gasteiger partial charge < -0.3 is 4.74 Å². The zero-order valence-corrected chi connectivity index (χ0v) is 11.2. The largest absolute Gasteiger partial charge is 0.361 e. The summed E-state index contributed by atoms with van der Waals surface area (Å²) in [6.45, 7) is 0.707. The molecule has 1 atom stereocenters. The van der Waals surface area contributed by atoms with Crippen molar-refractivity contribution in [3.8, 4) is 6.07 Å². The van der Waals surface area contributed by atoms with E-state index >= 15 is 0 Å². The van der Waals surface area contributed by atoms with E-state index in [0.29, 0.717) is 13.0 Å². The van der Waals surface area contributed by atoms with E-state index in [4.69, 9.17) is 10.00 Å². The Morgan fingerprint density at radius 2 is 2.21 bits per heavy atom. The van der Waals surface area contributed by atoms with Gasteiger partial charge in [0.15, 0.2) is 6.10 Å². The minimum Gasteiger partial charge on any atom is -0.361 e. The monoisotopic (exact) mass is 281 g/mol. The van der Waals surface area contributed by atoms with Gasteiger partial charge in [0.2, 0.25) is 10.0 Å². The van der Waals surface area contributed by atoms with Crippen molar-refractivity contribution in [2.24, 2.45) is 0 Å². The first-order valence-corrected chi connectivity index (χ1v) is 7.61. The maximum Gasteiger partial charge on any atom is 0.214 e. The highest BCUT2D eigenvalue weighted by atomic mass is 32.2. The van der Waals surface area contributed by atoms with Gasteiger partial charge in [-0.1, -0.05) is 0 Å². The van der Waals surface area contributed by atoms with Crippen LogP contribution in [0.1, 0.15) is 5.56 Å². The zero-order valence-electron chi connectivity index (χ0n) is 10.4. The lowest BCUT2D eigenvalue weighted by Crippen LogP contribution is -2.46. The van der Waals surface area contributed by atoms with Gasteiger partial charge >= 0.3 is 0 Å². The molecule has 1 aliphatic heterocycles. The molecular weight excluding hydrogens is 266 g/mol. The Hall–Kier alpha value is -1.49. The van der Waals surface area contributed by atoms with E-state index in [0.717, 1.165) is 5.56 Å². The van der Waals surface area contributed by atoms with E-state index in [9.17, 15) is 8.42 Å². The molecule has 0 saturated carbocycles. The van der Waals surface area contributed by atoms with Gasteiger partial charge in [-0.25, -0.2) is 8.42 Å². The number of aryl methyl sites for hydroxylation is 1. The van der Waals surface area contributed by atoms with Crippen LogP contribution in [-0.2, 0) is 21.2 Å². The first-order valence-electron chi connectivity index (χ1n) is 6.00. The standard InChI is InChI=1S/C12H15N3O3S/c13-9-12-10-15(6-7-18-12)19(16,17)8-3-11-1-4-14-5-2-11/h1-2,4-5,12H,3,6-8,10H2. The second-order valence-electron chi connectivity index (χ2n) is 4.27. The van der Waals surface area contributed by atoms with Gasteiger partial charge in [-0.05, 0) is 24.1 Å². The molecule has 1 fully saturated rings. The fraction of sp³-hybridized carbons (Fsp3) is 0.500. The third-order valence-electron chi connectivity index (χ3n) is 2.96. The van der Waals surface area contributed by atoms with E-state index in [2.05, 4.69) is 4.98 Å². The van der Waals surface area contributed by atoms with Crippen molar-refractivity contribution in [1.82, 2.24) is 9.29 Å². The first-order chi connectivity index (χ1) is 9.12. The third-order valence-corrected chi connectivity index (χ3v) is 4.80. The molecule has 7 heteroatoms. The number of nitriles is 1. The van der Waals surface area contributed by atoms with E-state index in [1.54, 1.807) is 24.5 Å². The Morgan fingerprint density at radius 3 is 2.89 bits per heavy atom. The molecule has 0 amide bonds. The number of aromatic nitrogens is 1. The van der Waals surface area contributed by atoms with E-state index in [1.807, 2.05) is 6.07 Å². The fourth-order valence-electron chi connectivity index (χ4n) is 1.88. The molecule has 0 bridgehead atoms. The molecule has 1 aromatic heterocycles. The molecular formula is C12H15N3O3S. The number of nitrogens with zero attached hydrogens (tertiary/aromatic N) is 3. The van der Waals surface area contributed by atoms with E-state index < -0.39 is 16.1 Å². The highest BCUT2D eigenvalue weighted by Crippen LogP contribution is 2.11. The first kappa shape index (κ1) is 13.9. The van der Waals surface area contributed by atoms with Crippen LogP contribution in [0.2, 0.25) is 0 Å². The van der Waals surface area contributed by atoms with E-state index in [1.165, 1.54) is 4.31 Å². The summed E-state index contributed by atoms with van der Waals surface area (Å²) in [5, 5.41) is 8.78. The molecule has 102 valence electrons. The van der Waals surface area contributed by atoms with Gasteiger partial charge in [-0.2, -0.15) is 9.57 Å². The zero-order chi connectivity index (χ0) is 13.7. The van der Waals surface area contributed by atoms with Gasteiger partial charge in [0.25, 0.3) is 0 Å². The SMILES string of the molecule is N#CC1CN(S(=O)(=O)CCc2ccncc2)CCO1. The second-order valence-corrected chi connectivity index (χ2v) is 6.36. The van der Waals surface area contributed by atoms with Gasteiger partial charge in [-0.15, -0.1) is 0 Å². The summed E-state index contributed by atoms with van der Waals surface area (Å²) in [6, 6.07) is 5.54. The Bertz CT molecular complexity index is 553. The molecule has 0 spiro atoms.